The highest BCUT2D eigenvalue weighted by Crippen LogP contribution is 2.18. The van der Waals surface area contributed by atoms with Gasteiger partial charge in [0.25, 0.3) is 0 Å². The second-order valence-corrected chi connectivity index (χ2v) is 4.35. The van der Waals surface area contributed by atoms with E-state index in [1.54, 1.807) is 0 Å². The molecule has 74 valence electrons. The van der Waals surface area contributed by atoms with Gasteiger partial charge >= 0.3 is 0 Å². The Balaban J connectivity index is 2.48. The largest absolute Gasteiger partial charge is 0.127 e. The summed E-state index contributed by atoms with van der Waals surface area (Å²) in [7, 11) is 0. The third-order valence-corrected chi connectivity index (χ3v) is 3.10. The van der Waals surface area contributed by atoms with Gasteiger partial charge in [-0.1, -0.05) is 35.9 Å². The molecule has 1 atom stereocenters. The van der Waals surface area contributed by atoms with Gasteiger partial charge < -0.3 is 0 Å². The van der Waals surface area contributed by atoms with Gasteiger partial charge in [-0.05, 0) is 36.1 Å². The molecular weight excluding hydrogens is 192 g/mol. The Kier molecular flexibility index (Phi) is 2.93. The van der Waals surface area contributed by atoms with Crippen molar-refractivity contribution in [2.45, 2.75) is 19.8 Å². The smallest absolute Gasteiger partial charge is 0.0229 e. The standard InChI is InChI=1S/C13H15Cl/c1-10-8-11(6-7-14)9-12-4-2-3-5-13(10)12/h2-5,9,11H,6-8H2,1H3. The quantitative estimate of drug-likeness (QED) is 0.652. The van der Waals surface area contributed by atoms with Crippen LogP contribution in [0.1, 0.15) is 19.8 Å². The molecule has 14 heavy (non-hydrogen) atoms. The first-order valence-electron chi connectivity index (χ1n) is 5.14. The molecule has 1 aliphatic carbocycles. The molecule has 0 fully saturated rings. The van der Waals surface area contributed by atoms with Gasteiger partial charge in [0.05, 0.1) is 0 Å². The number of alkyl halides is 1. The molecule has 0 radical (unpaired) electrons. The molecule has 0 heterocycles. The number of hydrogen-bond donors (Lipinski definition) is 0. The van der Waals surface area contributed by atoms with Gasteiger partial charge in [0.15, 0.2) is 0 Å². The zero-order valence-electron chi connectivity index (χ0n) is 8.46. The maximum Gasteiger partial charge on any atom is 0.0229 e. The summed E-state index contributed by atoms with van der Waals surface area (Å²) < 4.78 is 0. The Morgan fingerprint density at radius 3 is 2.93 bits per heavy atom. The van der Waals surface area contributed by atoms with Crippen LogP contribution in [0, 0.1) is 5.92 Å². The number of halogens is 1. The molecule has 1 aliphatic rings. The summed E-state index contributed by atoms with van der Waals surface area (Å²) >= 11 is 5.78. The predicted octanol–water partition coefficient (Wildman–Crippen LogP) is 2.29. The monoisotopic (exact) mass is 206 g/mol. The van der Waals surface area contributed by atoms with Crippen molar-refractivity contribution >= 4 is 23.3 Å². The second kappa shape index (κ2) is 4.18. The van der Waals surface area contributed by atoms with Crippen LogP contribution >= 0.6 is 11.6 Å². The molecule has 1 heteroatoms. The second-order valence-electron chi connectivity index (χ2n) is 3.98. The Morgan fingerprint density at radius 1 is 1.36 bits per heavy atom. The average Bonchev–Trinajstić information content (AvgIpc) is 2.18. The van der Waals surface area contributed by atoms with Crippen LogP contribution in [0.3, 0.4) is 0 Å². The van der Waals surface area contributed by atoms with Gasteiger partial charge in [-0.15, -0.1) is 11.6 Å². The molecule has 0 amide bonds. The third kappa shape index (κ3) is 1.85. The van der Waals surface area contributed by atoms with E-state index in [-0.39, 0.29) is 0 Å². The zero-order chi connectivity index (χ0) is 9.97. The van der Waals surface area contributed by atoms with Gasteiger partial charge in [-0.3, -0.25) is 0 Å². The Morgan fingerprint density at radius 2 is 2.14 bits per heavy atom. The lowest BCUT2D eigenvalue weighted by molar-refractivity contribution is 0.674. The Bertz CT molecular complexity index is 431. The highest BCUT2D eigenvalue weighted by molar-refractivity contribution is 6.17. The highest BCUT2D eigenvalue weighted by atomic mass is 35.5. The molecular formula is C13H15Cl. The van der Waals surface area contributed by atoms with Crippen LogP contribution in [-0.4, -0.2) is 5.88 Å². The Hall–Kier alpha value is -0.750. The molecule has 0 bridgehead atoms. The molecule has 0 aromatic heterocycles. The van der Waals surface area contributed by atoms with Crippen LogP contribution in [0.5, 0.6) is 0 Å². The minimum atomic E-state index is 0.641. The first kappa shape index (κ1) is 9.79. The van der Waals surface area contributed by atoms with Crippen molar-refractivity contribution in [2.75, 3.05) is 5.88 Å². The van der Waals surface area contributed by atoms with Crippen molar-refractivity contribution < 1.29 is 0 Å². The van der Waals surface area contributed by atoms with Gasteiger partial charge in [0, 0.05) is 5.88 Å². The average molecular weight is 207 g/mol. The van der Waals surface area contributed by atoms with Gasteiger partial charge in [-0.25, -0.2) is 0 Å². The summed E-state index contributed by atoms with van der Waals surface area (Å²) in [6.45, 7) is 2.23. The van der Waals surface area contributed by atoms with E-state index >= 15 is 0 Å². The van der Waals surface area contributed by atoms with E-state index in [1.807, 2.05) is 0 Å². The molecule has 2 rings (SSSR count). The minimum Gasteiger partial charge on any atom is -0.127 e. The van der Waals surface area contributed by atoms with E-state index in [2.05, 4.69) is 37.3 Å². The highest BCUT2D eigenvalue weighted by Gasteiger charge is 2.10. The van der Waals surface area contributed by atoms with Crippen molar-refractivity contribution in [2.24, 2.45) is 5.92 Å². The molecule has 1 aromatic rings. The fraction of sp³-hybridized carbons (Fsp3) is 0.385. The van der Waals surface area contributed by atoms with Crippen LogP contribution in [0.25, 0.3) is 11.6 Å². The maximum atomic E-state index is 5.78. The zero-order valence-corrected chi connectivity index (χ0v) is 9.22. The number of rotatable bonds is 2. The molecule has 1 aromatic carbocycles. The summed E-state index contributed by atoms with van der Waals surface area (Å²) in [5.41, 5.74) is 1.50. The SMILES string of the molecule is CC1=c2ccccc2=CC(CCCl)C1. The lowest BCUT2D eigenvalue weighted by atomic mass is 9.90. The summed E-state index contributed by atoms with van der Waals surface area (Å²) in [4.78, 5) is 0. The lowest BCUT2D eigenvalue weighted by Crippen LogP contribution is -2.31. The molecule has 0 spiro atoms. The van der Waals surface area contributed by atoms with Crippen LogP contribution < -0.4 is 10.4 Å². The van der Waals surface area contributed by atoms with Crippen molar-refractivity contribution in [1.29, 1.82) is 0 Å². The van der Waals surface area contributed by atoms with E-state index < -0.39 is 0 Å². The van der Waals surface area contributed by atoms with Gasteiger partial charge in [-0.2, -0.15) is 0 Å². The molecule has 0 aliphatic heterocycles. The first-order valence-corrected chi connectivity index (χ1v) is 5.67. The molecule has 0 saturated carbocycles. The Labute approximate surface area is 89.9 Å². The van der Waals surface area contributed by atoms with E-state index in [0.29, 0.717) is 5.92 Å². The van der Waals surface area contributed by atoms with Crippen molar-refractivity contribution in [3.8, 4) is 0 Å². The van der Waals surface area contributed by atoms with Crippen molar-refractivity contribution in [1.82, 2.24) is 0 Å². The van der Waals surface area contributed by atoms with E-state index in [0.717, 1.165) is 12.3 Å². The fourth-order valence-corrected chi connectivity index (χ4v) is 2.45. The van der Waals surface area contributed by atoms with E-state index in [4.69, 9.17) is 11.6 Å². The predicted molar refractivity (Wildman–Crippen MR) is 62.7 cm³/mol. The lowest BCUT2D eigenvalue weighted by Gasteiger charge is -2.16. The topological polar surface area (TPSA) is 0 Å². The fourth-order valence-electron chi connectivity index (χ4n) is 2.17. The van der Waals surface area contributed by atoms with E-state index in [1.165, 1.54) is 22.4 Å². The van der Waals surface area contributed by atoms with Crippen LogP contribution in [0.15, 0.2) is 24.3 Å². The van der Waals surface area contributed by atoms with Gasteiger partial charge in [0.2, 0.25) is 0 Å². The third-order valence-electron chi connectivity index (χ3n) is 2.88. The number of benzene rings is 1. The summed E-state index contributed by atoms with van der Waals surface area (Å²) in [6, 6.07) is 8.61. The van der Waals surface area contributed by atoms with Crippen LogP contribution in [-0.2, 0) is 0 Å². The van der Waals surface area contributed by atoms with E-state index in [9.17, 15) is 0 Å². The molecule has 1 unspecified atom stereocenters. The minimum absolute atomic E-state index is 0.641. The van der Waals surface area contributed by atoms with Crippen molar-refractivity contribution in [3.05, 3.63) is 34.7 Å². The number of hydrogen-bond acceptors (Lipinski definition) is 0. The first-order chi connectivity index (χ1) is 6.81. The summed E-state index contributed by atoms with van der Waals surface area (Å²) in [5.74, 6) is 1.40. The van der Waals surface area contributed by atoms with Gasteiger partial charge in [0.1, 0.15) is 0 Å². The van der Waals surface area contributed by atoms with Crippen molar-refractivity contribution in [3.63, 3.8) is 0 Å². The summed E-state index contributed by atoms with van der Waals surface area (Å²) in [6.07, 6.45) is 4.63. The summed E-state index contributed by atoms with van der Waals surface area (Å²) in [5, 5.41) is 2.80. The molecule has 0 N–H and O–H groups in total. The van der Waals surface area contributed by atoms with Crippen LogP contribution in [0.4, 0.5) is 0 Å². The molecule has 0 nitrogen and oxygen atoms in total. The normalized spacial score (nSPS) is 20.1. The maximum absolute atomic E-state index is 5.78. The number of fused-ring (bicyclic) bond motifs is 1. The molecule has 0 saturated heterocycles. The van der Waals surface area contributed by atoms with Crippen LogP contribution in [0.2, 0.25) is 0 Å².